The van der Waals surface area contributed by atoms with Crippen molar-refractivity contribution in [3.8, 4) is 0 Å². The minimum atomic E-state index is 0.0252. The van der Waals surface area contributed by atoms with E-state index in [1.54, 1.807) is 0 Å². The summed E-state index contributed by atoms with van der Waals surface area (Å²) in [4.78, 5) is 17.3. The van der Waals surface area contributed by atoms with Crippen LogP contribution in [0.5, 0.6) is 0 Å². The molecule has 4 heteroatoms. The highest BCUT2D eigenvalue weighted by Gasteiger charge is 2.30. The van der Waals surface area contributed by atoms with E-state index in [4.69, 9.17) is 0 Å². The van der Waals surface area contributed by atoms with Crippen molar-refractivity contribution in [2.75, 3.05) is 39.0 Å². The number of benzene rings is 1. The molecule has 1 fully saturated rings. The molecule has 1 amide bonds. The lowest BCUT2D eigenvalue weighted by atomic mass is 10.0. The molecule has 1 unspecified atom stereocenters. The first-order chi connectivity index (χ1) is 10.9. The smallest absolute Gasteiger partial charge is 0.241 e. The first kappa shape index (κ1) is 18.0. The van der Waals surface area contributed by atoms with E-state index in [0.717, 1.165) is 55.7 Å². The van der Waals surface area contributed by atoms with Gasteiger partial charge >= 0.3 is 0 Å². The minimum absolute atomic E-state index is 0.0252. The van der Waals surface area contributed by atoms with E-state index < -0.39 is 0 Å². The zero-order chi connectivity index (χ0) is 17.0. The fourth-order valence-corrected chi connectivity index (χ4v) is 3.56. The average Bonchev–Trinajstić information content (AvgIpc) is 2.90. The summed E-state index contributed by atoms with van der Waals surface area (Å²) in [6.07, 6.45) is 3.20. The molecular weight excluding hydrogens is 286 g/mol. The van der Waals surface area contributed by atoms with Gasteiger partial charge in [0.2, 0.25) is 5.91 Å². The summed E-state index contributed by atoms with van der Waals surface area (Å²) in [6, 6.07) is 4.29. The topological polar surface area (TPSA) is 35.6 Å². The lowest BCUT2D eigenvalue weighted by molar-refractivity contribution is -0.120. The zero-order valence-electron chi connectivity index (χ0n) is 15.3. The van der Waals surface area contributed by atoms with E-state index in [0.29, 0.717) is 0 Å². The van der Waals surface area contributed by atoms with Gasteiger partial charge in [-0.1, -0.05) is 17.7 Å². The van der Waals surface area contributed by atoms with Crippen LogP contribution in [0, 0.1) is 20.8 Å². The second-order valence-corrected chi connectivity index (χ2v) is 7.11. The molecule has 1 aromatic rings. The molecular formula is C19H31N3O. The molecule has 0 spiro atoms. The Balaban J connectivity index is 1.99. The van der Waals surface area contributed by atoms with E-state index >= 15 is 0 Å². The number of nitrogens with zero attached hydrogens (tertiary/aromatic N) is 2. The molecule has 1 N–H and O–H groups in total. The predicted molar refractivity (Wildman–Crippen MR) is 97.0 cm³/mol. The molecule has 4 nitrogen and oxygen atoms in total. The SMILES string of the molecule is Cc1cc(C)c(NC(=O)C2CCCN2CCCN(C)C)c(C)c1. The van der Waals surface area contributed by atoms with Crippen LogP contribution < -0.4 is 5.32 Å². The lowest BCUT2D eigenvalue weighted by Crippen LogP contribution is -2.40. The van der Waals surface area contributed by atoms with E-state index in [-0.39, 0.29) is 11.9 Å². The maximum absolute atomic E-state index is 12.7. The first-order valence-corrected chi connectivity index (χ1v) is 8.66. The van der Waals surface area contributed by atoms with Gasteiger partial charge in [0, 0.05) is 12.2 Å². The maximum Gasteiger partial charge on any atom is 0.241 e. The van der Waals surface area contributed by atoms with E-state index in [2.05, 4.69) is 62.1 Å². The predicted octanol–water partition coefficient (Wildman–Crippen LogP) is 2.97. The Morgan fingerprint density at radius 2 is 1.91 bits per heavy atom. The van der Waals surface area contributed by atoms with Crippen LogP contribution in [-0.2, 0) is 4.79 Å². The van der Waals surface area contributed by atoms with Crippen molar-refractivity contribution < 1.29 is 4.79 Å². The molecule has 1 aliphatic heterocycles. The zero-order valence-corrected chi connectivity index (χ0v) is 15.3. The third-order valence-corrected chi connectivity index (χ3v) is 4.64. The molecule has 23 heavy (non-hydrogen) atoms. The number of likely N-dealkylation sites (tertiary alicyclic amines) is 1. The summed E-state index contributed by atoms with van der Waals surface area (Å²) in [6.45, 7) is 9.34. The first-order valence-electron chi connectivity index (χ1n) is 8.66. The summed E-state index contributed by atoms with van der Waals surface area (Å²) in [5.41, 5.74) is 4.52. The van der Waals surface area contributed by atoms with Crippen LogP contribution in [0.3, 0.4) is 0 Å². The van der Waals surface area contributed by atoms with Crippen molar-refractivity contribution in [3.63, 3.8) is 0 Å². The van der Waals surface area contributed by atoms with Crippen molar-refractivity contribution >= 4 is 11.6 Å². The van der Waals surface area contributed by atoms with Crippen LogP contribution in [0.25, 0.3) is 0 Å². The van der Waals surface area contributed by atoms with Crippen LogP contribution in [0.1, 0.15) is 36.0 Å². The quantitative estimate of drug-likeness (QED) is 0.876. The number of hydrogen-bond acceptors (Lipinski definition) is 3. The summed E-state index contributed by atoms with van der Waals surface area (Å²) in [5, 5.41) is 3.19. The van der Waals surface area contributed by atoms with Gasteiger partial charge in [-0.2, -0.15) is 0 Å². The van der Waals surface area contributed by atoms with Gasteiger partial charge in [0.15, 0.2) is 0 Å². The third-order valence-electron chi connectivity index (χ3n) is 4.64. The van der Waals surface area contributed by atoms with Crippen LogP contribution in [0.15, 0.2) is 12.1 Å². The van der Waals surface area contributed by atoms with E-state index in [1.165, 1.54) is 5.56 Å². The summed E-state index contributed by atoms with van der Waals surface area (Å²) < 4.78 is 0. The minimum Gasteiger partial charge on any atom is -0.324 e. The fourth-order valence-electron chi connectivity index (χ4n) is 3.56. The Morgan fingerprint density at radius 3 is 2.52 bits per heavy atom. The van der Waals surface area contributed by atoms with Gasteiger partial charge in [0.25, 0.3) is 0 Å². The second kappa shape index (κ2) is 7.93. The number of anilines is 1. The van der Waals surface area contributed by atoms with Gasteiger partial charge in [-0.05, 0) is 78.3 Å². The molecule has 0 saturated carbocycles. The number of carbonyl (C=O) groups is 1. The van der Waals surface area contributed by atoms with Crippen molar-refractivity contribution in [3.05, 3.63) is 28.8 Å². The fraction of sp³-hybridized carbons (Fsp3) is 0.632. The monoisotopic (exact) mass is 317 g/mol. The summed E-state index contributed by atoms with van der Waals surface area (Å²) >= 11 is 0. The molecule has 1 heterocycles. The van der Waals surface area contributed by atoms with Crippen LogP contribution in [0.2, 0.25) is 0 Å². The molecule has 128 valence electrons. The van der Waals surface area contributed by atoms with E-state index in [1.807, 2.05) is 0 Å². The van der Waals surface area contributed by atoms with Crippen molar-refractivity contribution in [1.29, 1.82) is 0 Å². The van der Waals surface area contributed by atoms with Gasteiger partial charge in [0.05, 0.1) is 6.04 Å². The molecule has 0 bridgehead atoms. The second-order valence-electron chi connectivity index (χ2n) is 7.11. The molecule has 1 aromatic carbocycles. The Labute approximate surface area is 140 Å². The number of rotatable bonds is 6. The van der Waals surface area contributed by atoms with Gasteiger partial charge in [0.1, 0.15) is 0 Å². The molecule has 1 saturated heterocycles. The summed E-state index contributed by atoms with van der Waals surface area (Å²) in [7, 11) is 4.19. The van der Waals surface area contributed by atoms with Crippen molar-refractivity contribution in [2.45, 2.75) is 46.1 Å². The van der Waals surface area contributed by atoms with Crippen LogP contribution >= 0.6 is 0 Å². The molecule has 1 aliphatic rings. The highest BCUT2D eigenvalue weighted by Crippen LogP contribution is 2.24. The maximum atomic E-state index is 12.7. The number of hydrogen-bond donors (Lipinski definition) is 1. The number of amides is 1. The third kappa shape index (κ3) is 4.79. The Bertz CT molecular complexity index is 531. The largest absolute Gasteiger partial charge is 0.324 e. The van der Waals surface area contributed by atoms with Crippen molar-refractivity contribution in [2.24, 2.45) is 0 Å². The molecule has 0 aliphatic carbocycles. The average molecular weight is 317 g/mol. The standard InChI is InChI=1S/C19H31N3O/c1-14-12-15(2)18(16(3)13-14)20-19(23)17-8-6-10-22(17)11-7-9-21(4)5/h12-13,17H,6-11H2,1-5H3,(H,20,23). The van der Waals surface area contributed by atoms with Gasteiger partial charge in [-0.25, -0.2) is 0 Å². The highest BCUT2D eigenvalue weighted by atomic mass is 16.2. The van der Waals surface area contributed by atoms with Crippen molar-refractivity contribution in [1.82, 2.24) is 9.80 Å². The number of nitrogens with one attached hydrogen (secondary N) is 1. The normalized spacial score (nSPS) is 18.6. The lowest BCUT2D eigenvalue weighted by Gasteiger charge is -2.25. The van der Waals surface area contributed by atoms with Gasteiger partial charge < -0.3 is 10.2 Å². The molecule has 1 atom stereocenters. The Hall–Kier alpha value is -1.39. The number of aryl methyl sites for hydroxylation is 3. The van der Waals surface area contributed by atoms with Gasteiger partial charge in [-0.15, -0.1) is 0 Å². The molecule has 0 radical (unpaired) electrons. The summed E-state index contributed by atoms with van der Waals surface area (Å²) in [5.74, 6) is 0.155. The van der Waals surface area contributed by atoms with E-state index in [9.17, 15) is 4.79 Å². The van der Waals surface area contributed by atoms with Crippen LogP contribution in [0.4, 0.5) is 5.69 Å². The molecule has 2 rings (SSSR count). The van der Waals surface area contributed by atoms with Crippen LogP contribution in [-0.4, -0.2) is 55.5 Å². The Kier molecular flexibility index (Phi) is 6.19. The Morgan fingerprint density at radius 1 is 1.26 bits per heavy atom. The highest BCUT2D eigenvalue weighted by molar-refractivity contribution is 5.96. The molecule has 0 aromatic heterocycles. The number of carbonyl (C=O) groups excluding carboxylic acids is 1. The van der Waals surface area contributed by atoms with Gasteiger partial charge in [-0.3, -0.25) is 9.69 Å².